The third kappa shape index (κ3) is 3.06. The van der Waals surface area contributed by atoms with E-state index in [4.69, 9.17) is 22.1 Å². The Bertz CT molecular complexity index is 599. The molecule has 2 N–H and O–H groups in total. The molecular weight excluding hydrogens is 265 g/mol. The van der Waals surface area contributed by atoms with E-state index in [1.54, 1.807) is 37.3 Å². The topological polar surface area (TPSA) is 35.2 Å². The zero-order valence-electron chi connectivity index (χ0n) is 10.8. The molecule has 0 aliphatic heterocycles. The standard InChI is InChI=1S/C15H15ClFNO/c1-9-8-11(6-7-13(9)16)19-15-12(10(2)18)4-3-5-14(15)17/h3-8,10H,18H2,1-2H3/t10-/m1/s1. The van der Waals surface area contributed by atoms with Gasteiger partial charge in [0.1, 0.15) is 5.75 Å². The Morgan fingerprint density at radius 2 is 2.00 bits per heavy atom. The molecule has 0 saturated carbocycles. The summed E-state index contributed by atoms with van der Waals surface area (Å²) in [7, 11) is 0. The minimum atomic E-state index is -0.428. The average molecular weight is 280 g/mol. The van der Waals surface area contributed by atoms with Crippen LogP contribution in [0.25, 0.3) is 0 Å². The maximum Gasteiger partial charge on any atom is 0.167 e. The van der Waals surface area contributed by atoms with Crippen LogP contribution in [0.4, 0.5) is 4.39 Å². The summed E-state index contributed by atoms with van der Waals surface area (Å²) in [5.41, 5.74) is 7.33. The van der Waals surface area contributed by atoms with Crippen LogP contribution in [0.1, 0.15) is 24.1 Å². The minimum absolute atomic E-state index is 0.166. The molecule has 100 valence electrons. The summed E-state index contributed by atoms with van der Waals surface area (Å²) in [4.78, 5) is 0. The van der Waals surface area contributed by atoms with Gasteiger partial charge in [-0.05, 0) is 43.7 Å². The predicted molar refractivity (Wildman–Crippen MR) is 75.3 cm³/mol. The number of halogens is 2. The Hall–Kier alpha value is -1.58. The van der Waals surface area contributed by atoms with Gasteiger partial charge < -0.3 is 10.5 Å². The molecule has 0 aliphatic carbocycles. The number of hydrogen-bond acceptors (Lipinski definition) is 2. The van der Waals surface area contributed by atoms with Crippen molar-refractivity contribution < 1.29 is 9.13 Å². The van der Waals surface area contributed by atoms with Gasteiger partial charge in [-0.1, -0.05) is 23.7 Å². The number of rotatable bonds is 3. The van der Waals surface area contributed by atoms with E-state index in [1.807, 2.05) is 6.92 Å². The normalized spacial score (nSPS) is 12.3. The largest absolute Gasteiger partial charge is 0.454 e. The Kier molecular flexibility index (Phi) is 4.08. The van der Waals surface area contributed by atoms with Crippen LogP contribution in [0.5, 0.6) is 11.5 Å². The molecular formula is C15H15ClFNO. The second kappa shape index (κ2) is 5.59. The monoisotopic (exact) mass is 279 g/mol. The fraction of sp³-hybridized carbons (Fsp3) is 0.200. The van der Waals surface area contributed by atoms with Gasteiger partial charge in [-0.2, -0.15) is 0 Å². The molecule has 2 aromatic rings. The predicted octanol–water partition coefficient (Wildman–Crippen LogP) is 4.60. The van der Waals surface area contributed by atoms with Crippen molar-refractivity contribution in [3.05, 3.63) is 58.4 Å². The maximum atomic E-state index is 13.9. The highest BCUT2D eigenvalue weighted by molar-refractivity contribution is 6.31. The van der Waals surface area contributed by atoms with Gasteiger partial charge in [-0.3, -0.25) is 0 Å². The molecule has 0 unspecified atom stereocenters. The molecule has 2 rings (SSSR count). The Morgan fingerprint density at radius 3 is 2.63 bits per heavy atom. The Balaban J connectivity index is 2.40. The van der Waals surface area contributed by atoms with Crippen LogP contribution in [-0.4, -0.2) is 0 Å². The highest BCUT2D eigenvalue weighted by atomic mass is 35.5. The van der Waals surface area contributed by atoms with Crippen LogP contribution in [0.3, 0.4) is 0 Å². The van der Waals surface area contributed by atoms with Gasteiger partial charge in [0, 0.05) is 16.6 Å². The number of para-hydroxylation sites is 1. The lowest BCUT2D eigenvalue weighted by molar-refractivity contribution is 0.432. The van der Waals surface area contributed by atoms with Crippen molar-refractivity contribution in [1.29, 1.82) is 0 Å². The fourth-order valence-electron chi connectivity index (χ4n) is 1.79. The summed E-state index contributed by atoms with van der Waals surface area (Å²) < 4.78 is 19.5. The molecule has 2 nitrogen and oxygen atoms in total. The van der Waals surface area contributed by atoms with Gasteiger partial charge in [0.2, 0.25) is 0 Å². The molecule has 0 fully saturated rings. The van der Waals surface area contributed by atoms with Crippen molar-refractivity contribution in [2.75, 3.05) is 0 Å². The van der Waals surface area contributed by atoms with Crippen molar-refractivity contribution in [1.82, 2.24) is 0 Å². The van der Waals surface area contributed by atoms with Gasteiger partial charge in [0.05, 0.1) is 0 Å². The van der Waals surface area contributed by atoms with Gasteiger partial charge in [-0.15, -0.1) is 0 Å². The number of hydrogen-bond donors (Lipinski definition) is 1. The first-order chi connectivity index (χ1) is 8.99. The first-order valence-electron chi connectivity index (χ1n) is 5.97. The van der Waals surface area contributed by atoms with E-state index in [2.05, 4.69) is 0 Å². The van der Waals surface area contributed by atoms with Crippen LogP contribution in [0, 0.1) is 12.7 Å². The van der Waals surface area contributed by atoms with Gasteiger partial charge in [-0.25, -0.2) is 4.39 Å². The van der Waals surface area contributed by atoms with Crippen LogP contribution in [0.15, 0.2) is 36.4 Å². The van der Waals surface area contributed by atoms with Crippen LogP contribution in [0.2, 0.25) is 5.02 Å². The second-order valence-electron chi connectivity index (χ2n) is 4.46. The third-order valence-electron chi connectivity index (χ3n) is 2.84. The number of ether oxygens (including phenoxy) is 1. The molecule has 2 aromatic carbocycles. The number of aryl methyl sites for hydroxylation is 1. The molecule has 1 atom stereocenters. The van der Waals surface area contributed by atoms with Crippen molar-refractivity contribution in [3.63, 3.8) is 0 Å². The van der Waals surface area contributed by atoms with E-state index in [0.29, 0.717) is 16.3 Å². The fourth-order valence-corrected chi connectivity index (χ4v) is 1.91. The van der Waals surface area contributed by atoms with E-state index in [-0.39, 0.29) is 11.8 Å². The smallest absolute Gasteiger partial charge is 0.167 e. The lowest BCUT2D eigenvalue weighted by Crippen LogP contribution is -2.07. The lowest BCUT2D eigenvalue weighted by atomic mass is 10.1. The molecule has 0 radical (unpaired) electrons. The van der Waals surface area contributed by atoms with Crippen LogP contribution < -0.4 is 10.5 Å². The van der Waals surface area contributed by atoms with Gasteiger partial charge in [0.25, 0.3) is 0 Å². The third-order valence-corrected chi connectivity index (χ3v) is 3.26. The summed E-state index contributed by atoms with van der Waals surface area (Å²) >= 11 is 5.95. The Morgan fingerprint density at radius 1 is 1.26 bits per heavy atom. The number of benzene rings is 2. The van der Waals surface area contributed by atoms with Crippen molar-refractivity contribution in [2.24, 2.45) is 5.73 Å². The Labute approximate surface area is 117 Å². The molecule has 0 aromatic heterocycles. The lowest BCUT2D eigenvalue weighted by Gasteiger charge is -2.15. The minimum Gasteiger partial charge on any atom is -0.454 e. The van der Waals surface area contributed by atoms with Gasteiger partial charge in [0.15, 0.2) is 11.6 Å². The quantitative estimate of drug-likeness (QED) is 0.891. The van der Waals surface area contributed by atoms with E-state index in [0.717, 1.165) is 5.56 Å². The first kappa shape index (κ1) is 13.8. The molecule has 0 amide bonds. The zero-order valence-corrected chi connectivity index (χ0v) is 11.5. The van der Waals surface area contributed by atoms with E-state index in [1.165, 1.54) is 6.07 Å². The van der Waals surface area contributed by atoms with E-state index < -0.39 is 5.82 Å². The molecule has 0 aliphatic rings. The highest BCUT2D eigenvalue weighted by Crippen LogP contribution is 2.32. The summed E-state index contributed by atoms with van der Waals surface area (Å²) in [6.45, 7) is 3.65. The molecule has 0 saturated heterocycles. The van der Waals surface area contributed by atoms with E-state index >= 15 is 0 Å². The molecule has 4 heteroatoms. The summed E-state index contributed by atoms with van der Waals surface area (Å²) in [6, 6.07) is 9.61. The van der Waals surface area contributed by atoms with E-state index in [9.17, 15) is 4.39 Å². The summed E-state index contributed by atoms with van der Waals surface area (Å²) in [5.74, 6) is 0.274. The molecule has 19 heavy (non-hydrogen) atoms. The maximum absolute atomic E-state index is 13.9. The first-order valence-corrected chi connectivity index (χ1v) is 6.35. The molecule has 0 spiro atoms. The zero-order chi connectivity index (χ0) is 14.0. The highest BCUT2D eigenvalue weighted by Gasteiger charge is 2.14. The van der Waals surface area contributed by atoms with Crippen molar-refractivity contribution >= 4 is 11.6 Å². The molecule has 0 bridgehead atoms. The molecule has 0 heterocycles. The van der Waals surface area contributed by atoms with Crippen molar-refractivity contribution in [2.45, 2.75) is 19.9 Å². The summed E-state index contributed by atoms with van der Waals surface area (Å²) in [5, 5.41) is 0.647. The van der Waals surface area contributed by atoms with Gasteiger partial charge >= 0.3 is 0 Å². The average Bonchev–Trinajstić information content (AvgIpc) is 2.36. The number of nitrogens with two attached hydrogens (primary N) is 1. The van der Waals surface area contributed by atoms with Crippen molar-refractivity contribution in [3.8, 4) is 11.5 Å². The SMILES string of the molecule is Cc1cc(Oc2c(F)cccc2[C@@H](C)N)ccc1Cl. The van der Waals surface area contributed by atoms with Crippen LogP contribution >= 0.6 is 11.6 Å². The summed E-state index contributed by atoms with van der Waals surface area (Å²) in [6.07, 6.45) is 0. The van der Waals surface area contributed by atoms with Crippen LogP contribution in [-0.2, 0) is 0 Å². The second-order valence-corrected chi connectivity index (χ2v) is 4.87.